The van der Waals surface area contributed by atoms with Crippen molar-refractivity contribution in [2.75, 3.05) is 16.8 Å². The molecule has 1 aliphatic rings. The predicted molar refractivity (Wildman–Crippen MR) is 87.5 cm³/mol. The molecule has 3 rings (SSSR count). The molecular weight excluding hydrogens is 298 g/mol. The zero-order valence-corrected chi connectivity index (χ0v) is 13.1. The van der Waals surface area contributed by atoms with Crippen molar-refractivity contribution in [3.05, 3.63) is 47.8 Å². The van der Waals surface area contributed by atoms with Gasteiger partial charge in [-0.25, -0.2) is 9.97 Å². The van der Waals surface area contributed by atoms with E-state index in [2.05, 4.69) is 15.3 Å². The Balaban J connectivity index is 1.76. The average Bonchev–Trinajstić information content (AvgIpc) is 3.01. The number of nitrogens with zero attached hydrogens (tertiary/aromatic N) is 2. The molecule has 6 heteroatoms. The van der Waals surface area contributed by atoms with Crippen LogP contribution in [0.15, 0.2) is 36.7 Å². The van der Waals surface area contributed by atoms with Crippen molar-refractivity contribution >= 4 is 23.5 Å². The lowest BCUT2D eigenvalue weighted by Gasteiger charge is -2.14. The molecule has 1 unspecified atom stereocenters. The van der Waals surface area contributed by atoms with Gasteiger partial charge in [-0.1, -0.05) is 0 Å². The van der Waals surface area contributed by atoms with Crippen molar-refractivity contribution in [1.82, 2.24) is 9.97 Å². The minimum absolute atomic E-state index is 0.128. The molecule has 22 heavy (non-hydrogen) atoms. The molecule has 0 bridgehead atoms. The van der Waals surface area contributed by atoms with Crippen LogP contribution in [0.25, 0.3) is 0 Å². The molecule has 1 saturated heterocycles. The summed E-state index contributed by atoms with van der Waals surface area (Å²) in [4.78, 5) is 20.8. The maximum Gasteiger partial charge on any atom is 0.262 e. The third-order valence-corrected chi connectivity index (χ3v) is 4.47. The van der Waals surface area contributed by atoms with Crippen LogP contribution in [-0.2, 0) is 0 Å². The fourth-order valence-electron chi connectivity index (χ4n) is 2.21. The number of aromatic nitrogens is 2. The molecule has 3 heterocycles. The van der Waals surface area contributed by atoms with E-state index in [0.717, 1.165) is 23.5 Å². The molecule has 0 aromatic carbocycles. The van der Waals surface area contributed by atoms with E-state index < -0.39 is 0 Å². The number of nitrogens with one attached hydrogen (secondary N) is 1. The molecule has 0 spiro atoms. The van der Waals surface area contributed by atoms with Gasteiger partial charge in [0.1, 0.15) is 17.5 Å². The fourth-order valence-corrected chi connectivity index (χ4v) is 3.30. The molecule has 1 atom stereocenters. The van der Waals surface area contributed by atoms with Crippen LogP contribution in [0.5, 0.6) is 5.88 Å². The highest BCUT2D eigenvalue weighted by molar-refractivity contribution is 7.99. The van der Waals surface area contributed by atoms with E-state index in [1.54, 1.807) is 24.5 Å². The average molecular weight is 315 g/mol. The minimum atomic E-state index is -0.258. The highest BCUT2D eigenvalue weighted by Crippen LogP contribution is 2.24. The summed E-state index contributed by atoms with van der Waals surface area (Å²) in [6, 6.07) is 7.15. The first-order valence-electron chi connectivity index (χ1n) is 7.16. The van der Waals surface area contributed by atoms with Crippen LogP contribution in [-0.4, -0.2) is 33.5 Å². The number of hydrogen-bond donors (Lipinski definition) is 1. The van der Waals surface area contributed by atoms with Gasteiger partial charge in [0.15, 0.2) is 0 Å². The number of amides is 1. The van der Waals surface area contributed by atoms with E-state index in [9.17, 15) is 4.79 Å². The van der Waals surface area contributed by atoms with Crippen molar-refractivity contribution in [3.63, 3.8) is 0 Å². The Hall–Kier alpha value is -2.08. The first-order valence-corrected chi connectivity index (χ1v) is 8.31. The topological polar surface area (TPSA) is 64.1 Å². The third-order valence-electron chi connectivity index (χ3n) is 3.34. The fraction of sp³-hybridized carbons (Fsp3) is 0.312. The van der Waals surface area contributed by atoms with E-state index >= 15 is 0 Å². The first kappa shape index (κ1) is 14.8. The second-order valence-electron chi connectivity index (χ2n) is 5.13. The molecule has 2 aromatic heterocycles. The van der Waals surface area contributed by atoms with Gasteiger partial charge >= 0.3 is 0 Å². The van der Waals surface area contributed by atoms with Crippen molar-refractivity contribution in [2.45, 2.75) is 19.4 Å². The number of thioether (sulfide) groups is 1. The summed E-state index contributed by atoms with van der Waals surface area (Å²) in [5.74, 6) is 2.69. The molecule has 5 nitrogen and oxygen atoms in total. The Labute approximate surface area is 133 Å². The smallest absolute Gasteiger partial charge is 0.262 e. The van der Waals surface area contributed by atoms with Gasteiger partial charge in [-0.3, -0.25) is 4.79 Å². The van der Waals surface area contributed by atoms with Gasteiger partial charge in [0.25, 0.3) is 5.91 Å². The number of rotatable bonds is 4. The lowest BCUT2D eigenvalue weighted by molar-refractivity contribution is 0.101. The highest BCUT2D eigenvalue weighted by Gasteiger charge is 2.21. The van der Waals surface area contributed by atoms with Crippen molar-refractivity contribution < 1.29 is 9.53 Å². The van der Waals surface area contributed by atoms with Crippen LogP contribution >= 0.6 is 11.8 Å². The Morgan fingerprint density at radius 2 is 2.27 bits per heavy atom. The molecule has 1 aliphatic heterocycles. The number of anilines is 1. The number of ether oxygens (including phenoxy) is 1. The molecule has 1 amide bonds. The Kier molecular flexibility index (Phi) is 4.58. The molecule has 0 aliphatic carbocycles. The molecule has 1 N–H and O–H groups in total. The number of pyridine rings is 2. The summed E-state index contributed by atoms with van der Waals surface area (Å²) in [6.07, 6.45) is 4.42. The van der Waals surface area contributed by atoms with Gasteiger partial charge in [0.05, 0.1) is 0 Å². The SMILES string of the molecule is Cc1ccnc(NC(=O)c2cccnc2OC2CCSC2)c1. The lowest BCUT2D eigenvalue weighted by atomic mass is 10.2. The summed E-state index contributed by atoms with van der Waals surface area (Å²) in [6.45, 7) is 1.95. The lowest BCUT2D eigenvalue weighted by Crippen LogP contribution is -2.20. The van der Waals surface area contributed by atoms with Crippen molar-refractivity contribution in [3.8, 4) is 5.88 Å². The van der Waals surface area contributed by atoms with Crippen molar-refractivity contribution in [1.29, 1.82) is 0 Å². The number of carbonyl (C=O) groups is 1. The zero-order valence-electron chi connectivity index (χ0n) is 12.3. The van der Waals surface area contributed by atoms with Gasteiger partial charge in [-0.2, -0.15) is 11.8 Å². The van der Waals surface area contributed by atoms with E-state index in [0.29, 0.717) is 17.3 Å². The van der Waals surface area contributed by atoms with Gasteiger partial charge in [0.2, 0.25) is 5.88 Å². The molecular formula is C16H17N3O2S. The molecule has 2 aromatic rings. The summed E-state index contributed by atoms with van der Waals surface area (Å²) >= 11 is 1.86. The second kappa shape index (κ2) is 6.79. The highest BCUT2D eigenvalue weighted by atomic mass is 32.2. The van der Waals surface area contributed by atoms with Gasteiger partial charge in [0, 0.05) is 18.1 Å². The van der Waals surface area contributed by atoms with Gasteiger partial charge in [-0.15, -0.1) is 0 Å². The van der Waals surface area contributed by atoms with Crippen LogP contribution in [0.1, 0.15) is 22.3 Å². The zero-order chi connectivity index (χ0) is 15.4. The third kappa shape index (κ3) is 3.57. The maximum atomic E-state index is 12.4. The summed E-state index contributed by atoms with van der Waals surface area (Å²) in [7, 11) is 0. The monoisotopic (exact) mass is 315 g/mol. The molecule has 0 saturated carbocycles. The summed E-state index contributed by atoms with van der Waals surface area (Å²) in [5.41, 5.74) is 1.47. The maximum absolute atomic E-state index is 12.4. The first-order chi connectivity index (χ1) is 10.7. The molecule has 1 fully saturated rings. The van der Waals surface area contributed by atoms with Crippen LogP contribution in [0.4, 0.5) is 5.82 Å². The number of carbonyl (C=O) groups excluding carboxylic acids is 1. The summed E-state index contributed by atoms with van der Waals surface area (Å²) in [5, 5.41) is 2.79. The Morgan fingerprint density at radius 3 is 3.05 bits per heavy atom. The predicted octanol–water partition coefficient (Wildman–Crippen LogP) is 2.92. The normalized spacial score (nSPS) is 17.2. The van der Waals surface area contributed by atoms with Crippen LogP contribution < -0.4 is 10.1 Å². The Morgan fingerprint density at radius 1 is 1.36 bits per heavy atom. The van der Waals surface area contributed by atoms with Gasteiger partial charge < -0.3 is 10.1 Å². The Bertz CT molecular complexity index is 672. The number of aryl methyl sites for hydroxylation is 1. The van der Waals surface area contributed by atoms with Crippen LogP contribution in [0, 0.1) is 6.92 Å². The molecule has 114 valence electrons. The summed E-state index contributed by atoms with van der Waals surface area (Å²) < 4.78 is 5.88. The quantitative estimate of drug-likeness (QED) is 0.940. The second-order valence-corrected chi connectivity index (χ2v) is 6.28. The van der Waals surface area contributed by atoms with E-state index in [4.69, 9.17) is 4.74 Å². The van der Waals surface area contributed by atoms with Crippen molar-refractivity contribution in [2.24, 2.45) is 0 Å². The van der Waals surface area contributed by atoms with E-state index in [-0.39, 0.29) is 12.0 Å². The van der Waals surface area contributed by atoms with Crippen LogP contribution in [0.2, 0.25) is 0 Å². The van der Waals surface area contributed by atoms with E-state index in [1.165, 1.54) is 0 Å². The molecule has 0 radical (unpaired) electrons. The standard InChI is InChI=1S/C16H17N3O2S/c1-11-4-7-17-14(9-11)19-15(20)13-3-2-6-18-16(13)21-12-5-8-22-10-12/h2-4,6-7,9,12H,5,8,10H2,1H3,(H,17,19,20). The van der Waals surface area contributed by atoms with Gasteiger partial charge in [-0.05, 0) is 48.9 Å². The number of hydrogen-bond acceptors (Lipinski definition) is 5. The minimum Gasteiger partial charge on any atom is -0.473 e. The van der Waals surface area contributed by atoms with Crippen LogP contribution in [0.3, 0.4) is 0 Å². The van der Waals surface area contributed by atoms with E-state index in [1.807, 2.05) is 30.8 Å². The largest absolute Gasteiger partial charge is 0.473 e.